The van der Waals surface area contributed by atoms with Gasteiger partial charge < -0.3 is 25.0 Å². The zero-order valence-corrected chi connectivity index (χ0v) is 29.6. The Morgan fingerprint density at radius 3 is 2.19 bits per heavy atom. The highest BCUT2D eigenvalue weighted by atomic mass is 32.2. The van der Waals surface area contributed by atoms with E-state index in [0.29, 0.717) is 23.1 Å². The van der Waals surface area contributed by atoms with Crippen molar-refractivity contribution in [1.82, 2.24) is 5.32 Å². The van der Waals surface area contributed by atoms with E-state index < -0.39 is 35.4 Å². The number of unbranched alkanes of at least 4 members (excludes halogenated alkanes) is 8. The zero-order chi connectivity index (χ0) is 35.2. The van der Waals surface area contributed by atoms with Crippen molar-refractivity contribution < 1.29 is 38.5 Å². The van der Waals surface area contributed by atoms with Gasteiger partial charge >= 0.3 is 11.9 Å². The van der Waals surface area contributed by atoms with Crippen LogP contribution >= 0.6 is 11.8 Å². The second kappa shape index (κ2) is 23.2. The molecule has 0 fully saturated rings. The van der Waals surface area contributed by atoms with Crippen LogP contribution in [0.1, 0.15) is 83.1 Å². The Hall–Kier alpha value is -3.21. The van der Waals surface area contributed by atoms with Crippen molar-refractivity contribution in [2.75, 3.05) is 32.3 Å². The largest absolute Gasteiger partial charge is 0.479 e. The molecule has 48 heavy (non-hydrogen) atoms. The van der Waals surface area contributed by atoms with Crippen LogP contribution in [0.4, 0.5) is 4.39 Å². The number of allylic oxidation sites excluding steroid dienone is 1. The van der Waals surface area contributed by atoms with Gasteiger partial charge in [-0.25, -0.2) is 14.0 Å². The molecule has 2 aromatic carbocycles. The Morgan fingerprint density at radius 2 is 1.58 bits per heavy atom. The predicted molar refractivity (Wildman–Crippen MR) is 190 cm³/mol. The lowest BCUT2D eigenvalue weighted by Crippen LogP contribution is -2.55. The molecule has 10 heteroatoms. The molecule has 1 amide bonds. The summed E-state index contributed by atoms with van der Waals surface area (Å²) in [6.45, 7) is 2.13. The summed E-state index contributed by atoms with van der Waals surface area (Å²) in [5.41, 5.74) is -0.719. The average Bonchev–Trinajstić information content (AvgIpc) is 3.08. The van der Waals surface area contributed by atoms with E-state index in [1.54, 1.807) is 48.5 Å². The number of thioether (sulfide) groups is 1. The minimum absolute atomic E-state index is 0.0348. The fourth-order valence-electron chi connectivity index (χ4n) is 5.43. The second-order valence-corrected chi connectivity index (χ2v) is 13.3. The van der Waals surface area contributed by atoms with Gasteiger partial charge in [0.1, 0.15) is 11.9 Å². The number of hydrogen-bond acceptors (Lipinski definition) is 7. The van der Waals surface area contributed by atoms with Crippen molar-refractivity contribution in [3.8, 4) is 11.1 Å². The van der Waals surface area contributed by atoms with E-state index in [-0.39, 0.29) is 25.3 Å². The van der Waals surface area contributed by atoms with Gasteiger partial charge in [-0.05, 0) is 54.4 Å². The zero-order valence-electron chi connectivity index (χ0n) is 28.8. The van der Waals surface area contributed by atoms with E-state index in [2.05, 4.69) is 12.2 Å². The number of carboxylic acids is 1. The first-order chi connectivity index (χ1) is 23.2. The molecule has 3 N–H and O–H groups in total. The number of aliphatic carboxylic acids is 1. The summed E-state index contributed by atoms with van der Waals surface area (Å²) < 4.78 is 24.2. The minimum Gasteiger partial charge on any atom is -0.479 e. The van der Waals surface area contributed by atoms with Gasteiger partial charge in [0, 0.05) is 32.1 Å². The molecule has 0 radical (unpaired) electrons. The Morgan fingerprint density at radius 1 is 0.938 bits per heavy atom. The molecule has 0 heterocycles. The number of esters is 1. The maximum atomic E-state index is 14.3. The number of carbonyl (C=O) groups is 3. The average molecular weight is 688 g/mol. The van der Waals surface area contributed by atoms with Crippen LogP contribution in [0.5, 0.6) is 0 Å². The van der Waals surface area contributed by atoms with Crippen LogP contribution in [0.3, 0.4) is 0 Å². The number of carboxylic acid groups (broad SMARTS) is 1. The van der Waals surface area contributed by atoms with Crippen molar-refractivity contribution >= 4 is 29.6 Å². The van der Waals surface area contributed by atoms with Gasteiger partial charge in [-0.3, -0.25) is 4.79 Å². The van der Waals surface area contributed by atoms with Crippen LogP contribution in [-0.2, 0) is 30.3 Å². The topological polar surface area (TPSA) is 122 Å². The van der Waals surface area contributed by atoms with E-state index in [9.17, 15) is 29.0 Å². The third-order valence-electron chi connectivity index (χ3n) is 8.37. The molecule has 2 rings (SSSR count). The maximum absolute atomic E-state index is 14.3. The molecular weight excluding hydrogens is 633 g/mol. The highest BCUT2D eigenvalue weighted by molar-refractivity contribution is 7.99. The molecule has 0 aromatic heterocycles. The molecule has 2 aromatic rings. The third-order valence-corrected chi connectivity index (χ3v) is 9.52. The standard InChI is InChI=1S/C38H54FNO7S/c1-4-5-6-10-15-26-48-27-16-11-8-7-9-12-18-32(38(45,37(43)44)24-25-46-2)35(41)40-34(36(42)47-3)28-29-20-22-30(23-21-29)31-17-13-14-19-33(31)39/h12-14,17-23,32,34,45H,4-11,15-16,24-28H2,1-3H3,(H,40,41)(H,43,44)/b18-12+/t32-,34+,38+/m1/s1. The van der Waals surface area contributed by atoms with E-state index >= 15 is 0 Å². The predicted octanol–water partition coefficient (Wildman–Crippen LogP) is 7.37. The number of carbonyl (C=O) groups excluding carboxylic acids is 2. The Kier molecular flexibility index (Phi) is 19.8. The van der Waals surface area contributed by atoms with Gasteiger partial charge in [0.25, 0.3) is 0 Å². The quantitative estimate of drug-likeness (QED) is 0.0562. The number of nitrogens with one attached hydrogen (secondary N) is 1. The number of ether oxygens (including phenoxy) is 2. The number of amides is 1. The molecule has 0 aliphatic rings. The monoisotopic (exact) mass is 687 g/mol. The first-order valence-corrected chi connectivity index (χ1v) is 18.2. The molecule has 0 spiro atoms. The summed E-state index contributed by atoms with van der Waals surface area (Å²) in [5.74, 6) is -2.61. The number of aliphatic hydroxyl groups is 1. The lowest BCUT2D eigenvalue weighted by atomic mass is 9.83. The number of hydrogen-bond donors (Lipinski definition) is 3. The smallest absolute Gasteiger partial charge is 0.336 e. The first-order valence-electron chi connectivity index (χ1n) is 17.1. The van der Waals surface area contributed by atoms with Crippen LogP contribution in [0.25, 0.3) is 11.1 Å². The lowest BCUT2D eigenvalue weighted by molar-refractivity contribution is -0.169. The number of methoxy groups -OCH3 is 2. The van der Waals surface area contributed by atoms with E-state index in [4.69, 9.17) is 9.47 Å². The molecule has 266 valence electrons. The summed E-state index contributed by atoms with van der Waals surface area (Å²) in [6, 6.07) is 12.1. The molecule has 8 nitrogen and oxygen atoms in total. The molecule has 0 saturated heterocycles. The molecule has 0 unspecified atom stereocenters. The number of halogens is 1. The number of rotatable bonds is 25. The summed E-state index contributed by atoms with van der Waals surface area (Å²) in [5, 5.41) is 23.9. The first kappa shape index (κ1) is 41.0. The summed E-state index contributed by atoms with van der Waals surface area (Å²) in [6.07, 6.45) is 14.1. The van der Waals surface area contributed by atoms with Crippen molar-refractivity contribution in [1.29, 1.82) is 0 Å². The summed E-state index contributed by atoms with van der Waals surface area (Å²) >= 11 is 2.01. The summed E-state index contributed by atoms with van der Waals surface area (Å²) in [4.78, 5) is 38.7. The number of benzene rings is 2. The van der Waals surface area contributed by atoms with Gasteiger partial charge in [0.2, 0.25) is 5.91 Å². The molecule has 0 aliphatic heterocycles. The van der Waals surface area contributed by atoms with Crippen molar-refractivity contribution in [2.24, 2.45) is 5.92 Å². The Bertz CT molecular complexity index is 1270. The van der Waals surface area contributed by atoms with Crippen LogP contribution in [0.15, 0.2) is 60.7 Å². The molecular formula is C38H54FNO7S. The van der Waals surface area contributed by atoms with Crippen LogP contribution < -0.4 is 5.32 Å². The normalized spacial score (nSPS) is 13.9. The van der Waals surface area contributed by atoms with Crippen LogP contribution in [0.2, 0.25) is 0 Å². The van der Waals surface area contributed by atoms with Gasteiger partial charge in [0.05, 0.1) is 13.0 Å². The maximum Gasteiger partial charge on any atom is 0.336 e. The molecule has 0 aliphatic carbocycles. The highest BCUT2D eigenvalue weighted by Gasteiger charge is 2.47. The third kappa shape index (κ3) is 14.1. The fraction of sp³-hybridized carbons (Fsp3) is 0.553. The van der Waals surface area contributed by atoms with Gasteiger partial charge in [-0.2, -0.15) is 11.8 Å². The Balaban J connectivity index is 2.04. The minimum atomic E-state index is -2.47. The van der Waals surface area contributed by atoms with Gasteiger partial charge in [-0.15, -0.1) is 0 Å². The SMILES string of the molecule is CCCCCCCSCCCCCC/C=C/[C@H](C(=O)N[C@@H](Cc1ccc(-c2ccccc2F)cc1)C(=O)OC)[C@@](O)(CCOC)C(=O)O. The van der Waals surface area contributed by atoms with Gasteiger partial charge in [-0.1, -0.05) is 100 Å². The van der Waals surface area contributed by atoms with Crippen LogP contribution in [-0.4, -0.2) is 72.0 Å². The van der Waals surface area contributed by atoms with Crippen molar-refractivity contribution in [3.05, 3.63) is 72.1 Å². The Labute approximate surface area is 289 Å². The molecule has 3 atom stereocenters. The van der Waals surface area contributed by atoms with E-state index in [0.717, 1.165) is 31.4 Å². The second-order valence-electron chi connectivity index (χ2n) is 12.1. The van der Waals surface area contributed by atoms with Crippen LogP contribution in [0, 0.1) is 11.7 Å². The van der Waals surface area contributed by atoms with Crippen molar-refractivity contribution in [3.63, 3.8) is 0 Å². The molecule has 0 bridgehead atoms. The summed E-state index contributed by atoms with van der Waals surface area (Å²) in [7, 11) is 2.57. The van der Waals surface area contributed by atoms with Gasteiger partial charge in [0.15, 0.2) is 5.60 Å². The van der Waals surface area contributed by atoms with E-state index in [1.807, 2.05) is 11.8 Å². The van der Waals surface area contributed by atoms with Crippen molar-refractivity contribution in [2.45, 2.75) is 95.6 Å². The fourth-order valence-corrected chi connectivity index (χ4v) is 6.45. The highest BCUT2D eigenvalue weighted by Crippen LogP contribution is 2.27. The molecule has 0 saturated carbocycles. The lowest BCUT2D eigenvalue weighted by Gasteiger charge is -2.30. The van der Waals surface area contributed by atoms with E-state index in [1.165, 1.54) is 64.2 Å².